The number of nitrogens with zero attached hydrogens (tertiary/aromatic N) is 1. The average molecular weight is 249 g/mol. The van der Waals surface area contributed by atoms with Gasteiger partial charge in [-0.1, -0.05) is 25.0 Å². The Morgan fingerprint density at radius 2 is 2.11 bits per heavy atom. The van der Waals surface area contributed by atoms with Gasteiger partial charge in [0.1, 0.15) is 5.82 Å². The monoisotopic (exact) mass is 249 g/mol. The molecule has 0 spiro atoms. The van der Waals surface area contributed by atoms with Gasteiger partial charge in [-0.15, -0.1) is 0 Å². The Morgan fingerprint density at radius 1 is 1.33 bits per heavy atom. The van der Waals surface area contributed by atoms with Crippen LogP contribution < -0.4 is 0 Å². The van der Waals surface area contributed by atoms with Crippen LogP contribution in [-0.2, 0) is 0 Å². The molecule has 1 fully saturated rings. The van der Waals surface area contributed by atoms with Gasteiger partial charge < -0.3 is 4.90 Å². The molecule has 2 nitrogen and oxygen atoms in total. The number of halogens is 1. The molecule has 0 saturated carbocycles. The number of rotatable bonds is 1. The predicted molar refractivity (Wildman–Crippen MR) is 70.1 cm³/mol. The fraction of sp³-hybridized carbons (Fsp3) is 0.533. The van der Waals surface area contributed by atoms with E-state index in [0.29, 0.717) is 5.56 Å². The first-order valence-electron chi connectivity index (χ1n) is 6.67. The quantitative estimate of drug-likeness (QED) is 0.745. The van der Waals surface area contributed by atoms with Crippen molar-refractivity contribution < 1.29 is 9.18 Å². The Bertz CT molecular complexity index is 444. The standard InChI is InChI=1S/C15H20FNO/c1-11-7-6-9-13(14(11)16)15(18)17-10-5-3-4-8-12(17)2/h6-7,9,12H,3-5,8,10H2,1-2H3. The van der Waals surface area contributed by atoms with E-state index >= 15 is 0 Å². The third-order valence-corrected chi connectivity index (χ3v) is 3.74. The van der Waals surface area contributed by atoms with E-state index in [1.54, 1.807) is 25.1 Å². The molecule has 3 heteroatoms. The van der Waals surface area contributed by atoms with Crippen LogP contribution in [0.2, 0.25) is 0 Å². The lowest BCUT2D eigenvalue weighted by Crippen LogP contribution is -2.38. The molecule has 1 atom stereocenters. The molecule has 98 valence electrons. The maximum absolute atomic E-state index is 14.0. The van der Waals surface area contributed by atoms with Crippen molar-refractivity contribution in [3.05, 3.63) is 35.1 Å². The van der Waals surface area contributed by atoms with Gasteiger partial charge in [-0.2, -0.15) is 0 Å². The van der Waals surface area contributed by atoms with Crippen LogP contribution in [0.5, 0.6) is 0 Å². The summed E-state index contributed by atoms with van der Waals surface area (Å²) in [5, 5.41) is 0. The van der Waals surface area contributed by atoms with Gasteiger partial charge in [-0.05, 0) is 38.3 Å². The molecule has 1 aliphatic rings. The minimum Gasteiger partial charge on any atom is -0.336 e. The Kier molecular flexibility index (Phi) is 4.00. The van der Waals surface area contributed by atoms with E-state index in [1.165, 1.54) is 0 Å². The van der Waals surface area contributed by atoms with Crippen LogP contribution in [0.15, 0.2) is 18.2 Å². The normalized spacial score (nSPS) is 20.6. The van der Waals surface area contributed by atoms with E-state index in [9.17, 15) is 9.18 Å². The van der Waals surface area contributed by atoms with Crippen LogP contribution >= 0.6 is 0 Å². The summed E-state index contributed by atoms with van der Waals surface area (Å²) in [6.07, 6.45) is 4.34. The van der Waals surface area contributed by atoms with Crippen molar-refractivity contribution in [2.75, 3.05) is 6.54 Å². The second kappa shape index (κ2) is 5.51. The summed E-state index contributed by atoms with van der Waals surface area (Å²) in [7, 11) is 0. The summed E-state index contributed by atoms with van der Waals surface area (Å²) in [4.78, 5) is 14.2. The van der Waals surface area contributed by atoms with Gasteiger partial charge in [-0.25, -0.2) is 4.39 Å². The smallest absolute Gasteiger partial charge is 0.257 e. The molecular formula is C15H20FNO. The van der Waals surface area contributed by atoms with Gasteiger partial charge in [0.15, 0.2) is 0 Å². The SMILES string of the molecule is Cc1cccc(C(=O)N2CCCCCC2C)c1F. The van der Waals surface area contributed by atoms with Crippen LogP contribution in [0, 0.1) is 12.7 Å². The van der Waals surface area contributed by atoms with E-state index in [4.69, 9.17) is 0 Å². The van der Waals surface area contributed by atoms with E-state index in [2.05, 4.69) is 6.92 Å². The maximum Gasteiger partial charge on any atom is 0.257 e. The highest BCUT2D eigenvalue weighted by molar-refractivity contribution is 5.95. The molecule has 0 bridgehead atoms. The lowest BCUT2D eigenvalue weighted by Gasteiger charge is -2.27. The second-order valence-corrected chi connectivity index (χ2v) is 5.13. The van der Waals surface area contributed by atoms with Crippen LogP contribution in [0.3, 0.4) is 0 Å². The van der Waals surface area contributed by atoms with Crippen molar-refractivity contribution in [1.29, 1.82) is 0 Å². The molecule has 1 amide bonds. The fourth-order valence-electron chi connectivity index (χ4n) is 2.54. The highest BCUT2D eigenvalue weighted by Crippen LogP contribution is 2.21. The van der Waals surface area contributed by atoms with E-state index < -0.39 is 0 Å². The number of carbonyl (C=O) groups excluding carboxylic acids is 1. The third kappa shape index (κ3) is 2.55. The van der Waals surface area contributed by atoms with Gasteiger partial charge in [0.2, 0.25) is 0 Å². The molecule has 2 rings (SSSR count). The van der Waals surface area contributed by atoms with Gasteiger partial charge >= 0.3 is 0 Å². The molecule has 1 unspecified atom stereocenters. The molecular weight excluding hydrogens is 229 g/mol. The lowest BCUT2D eigenvalue weighted by molar-refractivity contribution is 0.0693. The second-order valence-electron chi connectivity index (χ2n) is 5.13. The van der Waals surface area contributed by atoms with E-state index in [1.807, 2.05) is 4.90 Å². The molecule has 1 aromatic carbocycles. The summed E-state index contributed by atoms with van der Waals surface area (Å²) in [5.41, 5.74) is 0.743. The van der Waals surface area contributed by atoms with Crippen LogP contribution in [0.4, 0.5) is 4.39 Å². The first-order chi connectivity index (χ1) is 8.61. The Labute approximate surface area is 108 Å². The van der Waals surface area contributed by atoms with Crippen molar-refractivity contribution in [1.82, 2.24) is 4.90 Å². The number of hydrogen-bond donors (Lipinski definition) is 0. The first-order valence-corrected chi connectivity index (χ1v) is 6.67. The fourth-order valence-corrected chi connectivity index (χ4v) is 2.54. The molecule has 0 N–H and O–H groups in total. The highest BCUT2D eigenvalue weighted by atomic mass is 19.1. The largest absolute Gasteiger partial charge is 0.336 e. The van der Waals surface area contributed by atoms with Crippen molar-refractivity contribution in [3.63, 3.8) is 0 Å². The molecule has 1 aromatic rings. The summed E-state index contributed by atoms with van der Waals surface area (Å²) >= 11 is 0. The Morgan fingerprint density at radius 3 is 2.89 bits per heavy atom. The first kappa shape index (κ1) is 13.1. The third-order valence-electron chi connectivity index (χ3n) is 3.74. The number of aryl methyl sites for hydroxylation is 1. The Hall–Kier alpha value is -1.38. The predicted octanol–water partition coefficient (Wildman–Crippen LogP) is 3.54. The van der Waals surface area contributed by atoms with E-state index in [-0.39, 0.29) is 23.3 Å². The van der Waals surface area contributed by atoms with Gasteiger partial charge in [0.25, 0.3) is 5.91 Å². The summed E-state index contributed by atoms with van der Waals surface area (Å²) in [6, 6.07) is 5.23. The van der Waals surface area contributed by atoms with E-state index in [0.717, 1.165) is 32.2 Å². The maximum atomic E-state index is 14.0. The zero-order valence-corrected chi connectivity index (χ0v) is 11.1. The topological polar surface area (TPSA) is 20.3 Å². The lowest BCUT2D eigenvalue weighted by atomic mass is 10.1. The molecule has 0 aliphatic carbocycles. The van der Waals surface area contributed by atoms with Crippen molar-refractivity contribution in [3.8, 4) is 0 Å². The highest BCUT2D eigenvalue weighted by Gasteiger charge is 2.25. The molecule has 1 aliphatic heterocycles. The molecule has 1 saturated heterocycles. The molecule has 0 radical (unpaired) electrons. The van der Waals surface area contributed by atoms with Crippen LogP contribution in [0.1, 0.15) is 48.5 Å². The van der Waals surface area contributed by atoms with Crippen LogP contribution in [0.25, 0.3) is 0 Å². The zero-order chi connectivity index (χ0) is 13.1. The molecule has 1 heterocycles. The minimum absolute atomic E-state index is 0.161. The number of amides is 1. The average Bonchev–Trinajstić information content (AvgIpc) is 2.57. The minimum atomic E-state index is -0.376. The summed E-state index contributed by atoms with van der Waals surface area (Å²) in [5.74, 6) is -0.537. The van der Waals surface area contributed by atoms with Crippen LogP contribution in [-0.4, -0.2) is 23.4 Å². The molecule has 18 heavy (non-hydrogen) atoms. The molecule has 0 aromatic heterocycles. The van der Waals surface area contributed by atoms with Gasteiger partial charge in [0.05, 0.1) is 5.56 Å². The zero-order valence-electron chi connectivity index (χ0n) is 11.1. The van der Waals surface area contributed by atoms with Gasteiger partial charge in [0, 0.05) is 12.6 Å². The number of likely N-dealkylation sites (tertiary alicyclic amines) is 1. The van der Waals surface area contributed by atoms with Crippen molar-refractivity contribution in [2.24, 2.45) is 0 Å². The van der Waals surface area contributed by atoms with Crippen molar-refractivity contribution >= 4 is 5.91 Å². The van der Waals surface area contributed by atoms with Gasteiger partial charge in [-0.3, -0.25) is 4.79 Å². The summed E-state index contributed by atoms with van der Waals surface area (Å²) in [6.45, 7) is 4.49. The number of carbonyl (C=O) groups is 1. The summed E-state index contributed by atoms with van der Waals surface area (Å²) < 4.78 is 14.0. The number of hydrogen-bond acceptors (Lipinski definition) is 1. The van der Waals surface area contributed by atoms with Crippen molar-refractivity contribution in [2.45, 2.75) is 45.6 Å². The Balaban J connectivity index is 2.26. The number of benzene rings is 1.